The molecule has 1 heterocycles. The summed E-state index contributed by atoms with van der Waals surface area (Å²) in [6.07, 6.45) is 1.39. The normalized spacial score (nSPS) is 18.1. The second-order valence-electron chi connectivity index (χ2n) is 5.01. The van der Waals surface area contributed by atoms with Crippen molar-refractivity contribution in [3.63, 3.8) is 0 Å². The van der Waals surface area contributed by atoms with Crippen molar-refractivity contribution in [2.45, 2.75) is 12.8 Å². The molecule has 0 N–H and O–H groups in total. The number of amides is 1. The van der Waals surface area contributed by atoms with E-state index in [2.05, 4.69) is 0 Å². The van der Waals surface area contributed by atoms with Crippen molar-refractivity contribution in [1.82, 2.24) is 4.90 Å². The number of nitrogens with zero attached hydrogens (tertiary/aromatic N) is 1. The van der Waals surface area contributed by atoms with Crippen LogP contribution in [0.5, 0.6) is 11.5 Å². The molecule has 0 aliphatic carbocycles. The summed E-state index contributed by atoms with van der Waals surface area (Å²) in [5, 5.41) is 0. The van der Waals surface area contributed by atoms with E-state index in [0.717, 1.165) is 25.1 Å². The average molecular weight is 298 g/mol. The molecule has 110 valence electrons. The fourth-order valence-corrected chi connectivity index (χ4v) is 2.71. The Balaban J connectivity index is 2.01. The van der Waals surface area contributed by atoms with Gasteiger partial charge in [0.2, 0.25) is 5.91 Å². The van der Waals surface area contributed by atoms with Crippen molar-refractivity contribution in [3.8, 4) is 11.5 Å². The highest BCUT2D eigenvalue weighted by Crippen LogP contribution is 2.28. The molecule has 1 unspecified atom stereocenters. The maximum Gasteiger partial charge on any atom is 0.227 e. The van der Waals surface area contributed by atoms with E-state index in [1.807, 2.05) is 23.1 Å². The van der Waals surface area contributed by atoms with Gasteiger partial charge in [0.25, 0.3) is 0 Å². The van der Waals surface area contributed by atoms with Crippen molar-refractivity contribution < 1.29 is 14.3 Å². The van der Waals surface area contributed by atoms with E-state index < -0.39 is 0 Å². The summed E-state index contributed by atoms with van der Waals surface area (Å²) >= 11 is 5.84. The van der Waals surface area contributed by atoms with Crippen molar-refractivity contribution in [2.75, 3.05) is 33.2 Å². The highest BCUT2D eigenvalue weighted by Gasteiger charge is 2.25. The first-order valence-electron chi connectivity index (χ1n) is 6.72. The fourth-order valence-electron chi connectivity index (χ4n) is 2.46. The van der Waals surface area contributed by atoms with E-state index >= 15 is 0 Å². The maximum atomic E-state index is 12.2. The van der Waals surface area contributed by atoms with E-state index in [1.54, 1.807) is 14.2 Å². The van der Waals surface area contributed by atoms with Gasteiger partial charge in [-0.3, -0.25) is 4.79 Å². The van der Waals surface area contributed by atoms with Gasteiger partial charge in [-0.25, -0.2) is 0 Å². The number of likely N-dealkylation sites (tertiary alicyclic amines) is 1. The van der Waals surface area contributed by atoms with Gasteiger partial charge in [-0.2, -0.15) is 0 Å². The third-order valence-electron chi connectivity index (χ3n) is 3.66. The van der Waals surface area contributed by atoms with Crippen LogP contribution < -0.4 is 9.47 Å². The molecule has 1 aliphatic heterocycles. The number of ether oxygens (including phenoxy) is 2. The van der Waals surface area contributed by atoms with Gasteiger partial charge in [-0.1, -0.05) is 6.07 Å². The summed E-state index contributed by atoms with van der Waals surface area (Å²) in [5.74, 6) is 2.53. The number of rotatable bonds is 5. The Labute approximate surface area is 124 Å². The van der Waals surface area contributed by atoms with Crippen LogP contribution in [-0.4, -0.2) is 44.0 Å². The molecule has 1 fully saturated rings. The number of carbonyl (C=O) groups excluding carboxylic acids is 1. The number of hydrogen-bond donors (Lipinski definition) is 0. The predicted octanol–water partition coefficient (Wildman–Crippen LogP) is 2.33. The number of benzene rings is 1. The van der Waals surface area contributed by atoms with Crippen LogP contribution in [0.4, 0.5) is 0 Å². The maximum absolute atomic E-state index is 12.2. The zero-order valence-corrected chi connectivity index (χ0v) is 12.7. The third kappa shape index (κ3) is 3.37. The Bertz CT molecular complexity index is 478. The summed E-state index contributed by atoms with van der Waals surface area (Å²) in [4.78, 5) is 14.1. The fraction of sp³-hybridized carbons (Fsp3) is 0.533. The Morgan fingerprint density at radius 1 is 1.35 bits per heavy atom. The van der Waals surface area contributed by atoms with Gasteiger partial charge in [0, 0.05) is 19.0 Å². The van der Waals surface area contributed by atoms with Crippen molar-refractivity contribution in [2.24, 2.45) is 5.92 Å². The van der Waals surface area contributed by atoms with Crippen LogP contribution in [-0.2, 0) is 11.2 Å². The van der Waals surface area contributed by atoms with Crippen molar-refractivity contribution >= 4 is 17.5 Å². The lowest BCUT2D eigenvalue weighted by atomic mass is 10.1. The molecule has 1 aliphatic rings. The van der Waals surface area contributed by atoms with Crippen LogP contribution >= 0.6 is 11.6 Å². The van der Waals surface area contributed by atoms with E-state index in [4.69, 9.17) is 21.1 Å². The standard InChI is InChI=1S/C15H20ClNO3/c1-19-13-4-3-11(7-14(13)20-2)8-15(18)17-6-5-12(9-16)10-17/h3-4,7,12H,5-6,8-10H2,1-2H3. The number of halogens is 1. The van der Waals surface area contributed by atoms with Gasteiger partial charge in [0.05, 0.1) is 20.6 Å². The average Bonchev–Trinajstić information content (AvgIpc) is 2.96. The molecular formula is C15H20ClNO3. The zero-order chi connectivity index (χ0) is 14.5. The minimum atomic E-state index is 0.143. The number of hydrogen-bond acceptors (Lipinski definition) is 3. The lowest BCUT2D eigenvalue weighted by molar-refractivity contribution is -0.129. The quantitative estimate of drug-likeness (QED) is 0.783. The summed E-state index contributed by atoms with van der Waals surface area (Å²) < 4.78 is 10.4. The Hall–Kier alpha value is -1.42. The lowest BCUT2D eigenvalue weighted by Crippen LogP contribution is -2.30. The van der Waals surface area contributed by atoms with Gasteiger partial charge >= 0.3 is 0 Å². The first-order valence-corrected chi connectivity index (χ1v) is 7.26. The highest BCUT2D eigenvalue weighted by molar-refractivity contribution is 6.18. The molecule has 0 spiro atoms. The monoisotopic (exact) mass is 297 g/mol. The van der Waals surface area contributed by atoms with Crippen LogP contribution in [0, 0.1) is 5.92 Å². The van der Waals surface area contributed by atoms with E-state index in [0.29, 0.717) is 29.7 Å². The molecule has 4 nitrogen and oxygen atoms in total. The Kier molecular flexibility index (Phi) is 5.12. The highest BCUT2D eigenvalue weighted by atomic mass is 35.5. The van der Waals surface area contributed by atoms with E-state index in [-0.39, 0.29) is 5.91 Å². The molecule has 2 rings (SSSR count). The van der Waals surface area contributed by atoms with Crippen LogP contribution in [0.2, 0.25) is 0 Å². The topological polar surface area (TPSA) is 38.8 Å². The molecule has 20 heavy (non-hydrogen) atoms. The number of methoxy groups -OCH3 is 2. The molecule has 1 amide bonds. The van der Waals surface area contributed by atoms with Crippen LogP contribution in [0.25, 0.3) is 0 Å². The zero-order valence-electron chi connectivity index (χ0n) is 11.9. The van der Waals surface area contributed by atoms with Crippen molar-refractivity contribution in [1.29, 1.82) is 0 Å². The summed E-state index contributed by atoms with van der Waals surface area (Å²) in [6, 6.07) is 5.58. The molecule has 1 atom stereocenters. The molecular weight excluding hydrogens is 278 g/mol. The van der Waals surface area contributed by atoms with Crippen molar-refractivity contribution in [3.05, 3.63) is 23.8 Å². The van der Waals surface area contributed by atoms with E-state index in [9.17, 15) is 4.79 Å². The molecule has 5 heteroatoms. The number of carbonyl (C=O) groups is 1. The molecule has 0 radical (unpaired) electrons. The summed E-state index contributed by atoms with van der Waals surface area (Å²) in [5.41, 5.74) is 0.932. The lowest BCUT2D eigenvalue weighted by Gasteiger charge is -2.16. The van der Waals surface area contributed by atoms with Gasteiger partial charge < -0.3 is 14.4 Å². The summed E-state index contributed by atoms with van der Waals surface area (Å²) in [6.45, 7) is 1.58. The molecule has 1 aromatic carbocycles. The molecule has 0 bridgehead atoms. The first-order chi connectivity index (χ1) is 9.67. The molecule has 1 saturated heterocycles. The third-order valence-corrected chi connectivity index (χ3v) is 4.10. The molecule has 1 aromatic rings. The van der Waals surface area contributed by atoms with Gasteiger partial charge in [0.15, 0.2) is 11.5 Å². The Morgan fingerprint density at radius 3 is 2.70 bits per heavy atom. The van der Waals surface area contributed by atoms with Gasteiger partial charge in [0.1, 0.15) is 0 Å². The Morgan fingerprint density at radius 2 is 2.10 bits per heavy atom. The SMILES string of the molecule is COc1ccc(CC(=O)N2CCC(CCl)C2)cc1OC. The van der Waals surface area contributed by atoms with E-state index in [1.165, 1.54) is 0 Å². The van der Waals surface area contributed by atoms with Crippen LogP contribution in [0.3, 0.4) is 0 Å². The predicted molar refractivity (Wildman–Crippen MR) is 78.7 cm³/mol. The molecule has 0 aromatic heterocycles. The second kappa shape index (κ2) is 6.84. The molecule has 0 saturated carbocycles. The second-order valence-corrected chi connectivity index (χ2v) is 5.32. The first kappa shape index (κ1) is 15.0. The largest absolute Gasteiger partial charge is 0.493 e. The van der Waals surface area contributed by atoms with Crippen LogP contribution in [0.15, 0.2) is 18.2 Å². The minimum absolute atomic E-state index is 0.143. The van der Waals surface area contributed by atoms with Gasteiger partial charge in [-0.15, -0.1) is 11.6 Å². The van der Waals surface area contributed by atoms with Gasteiger partial charge in [-0.05, 0) is 30.0 Å². The summed E-state index contributed by atoms with van der Waals surface area (Å²) in [7, 11) is 3.19. The minimum Gasteiger partial charge on any atom is -0.493 e. The van der Waals surface area contributed by atoms with Crippen LogP contribution in [0.1, 0.15) is 12.0 Å². The smallest absolute Gasteiger partial charge is 0.227 e. The number of alkyl halides is 1.